The van der Waals surface area contributed by atoms with Crippen molar-refractivity contribution in [2.24, 2.45) is 0 Å². The Balaban J connectivity index is 1.03. The van der Waals surface area contributed by atoms with E-state index in [4.69, 9.17) is 10.00 Å². The number of amides is 2. The summed E-state index contributed by atoms with van der Waals surface area (Å²) in [6.45, 7) is 2.92. The summed E-state index contributed by atoms with van der Waals surface area (Å²) < 4.78 is 5.97. The number of carbonyl (C=O) groups excluding carboxylic acids is 4. The molecule has 2 heterocycles. The second kappa shape index (κ2) is 11.0. The van der Waals surface area contributed by atoms with Crippen molar-refractivity contribution in [2.45, 2.75) is 44.5 Å². The number of carbonyl (C=O) groups is 4. The number of fused-ring (bicyclic) bond motifs is 1. The molecule has 3 aromatic carbocycles. The molecular formula is C32H28N4O5. The van der Waals surface area contributed by atoms with Crippen LogP contribution < -0.4 is 10.1 Å². The maximum absolute atomic E-state index is 13.3. The van der Waals surface area contributed by atoms with E-state index in [1.54, 1.807) is 30.3 Å². The van der Waals surface area contributed by atoms with Gasteiger partial charge in [0.2, 0.25) is 0 Å². The van der Waals surface area contributed by atoms with E-state index in [0.717, 1.165) is 35.8 Å². The molecule has 3 aromatic rings. The van der Waals surface area contributed by atoms with Crippen LogP contribution in [0.25, 0.3) is 0 Å². The Hall–Kier alpha value is -4.81. The summed E-state index contributed by atoms with van der Waals surface area (Å²) in [4.78, 5) is 53.8. The van der Waals surface area contributed by atoms with Crippen molar-refractivity contribution >= 4 is 29.1 Å². The van der Waals surface area contributed by atoms with Gasteiger partial charge < -0.3 is 10.1 Å². The Morgan fingerprint density at radius 2 is 1.63 bits per heavy atom. The summed E-state index contributed by atoms with van der Waals surface area (Å²) in [5.41, 5.74) is 3.90. The predicted molar refractivity (Wildman–Crippen MR) is 149 cm³/mol. The normalized spacial score (nSPS) is 19.1. The third-order valence-electron chi connectivity index (χ3n) is 7.82. The Morgan fingerprint density at radius 1 is 0.902 bits per heavy atom. The number of nitrogens with one attached hydrogen (secondary N) is 1. The lowest BCUT2D eigenvalue weighted by Crippen LogP contribution is -2.53. The minimum atomic E-state index is -0.885. The fourth-order valence-electron chi connectivity index (χ4n) is 5.61. The molecule has 3 aliphatic rings. The quantitative estimate of drug-likeness (QED) is 0.334. The summed E-state index contributed by atoms with van der Waals surface area (Å²) in [6.07, 6.45) is 0.267. The molecule has 206 valence electrons. The predicted octanol–water partition coefficient (Wildman–Crippen LogP) is 3.72. The largest absolute Gasteiger partial charge is 0.488 e. The summed E-state index contributed by atoms with van der Waals surface area (Å²) in [6, 6.07) is 21.7. The van der Waals surface area contributed by atoms with Gasteiger partial charge in [0.25, 0.3) is 11.8 Å². The molecule has 1 aliphatic carbocycles. The molecular weight excluding hydrogens is 520 g/mol. The molecule has 9 heteroatoms. The first-order chi connectivity index (χ1) is 19.9. The van der Waals surface area contributed by atoms with Crippen molar-refractivity contribution < 1.29 is 23.9 Å². The molecule has 0 aromatic heterocycles. The van der Waals surface area contributed by atoms with Crippen LogP contribution in [0, 0.1) is 11.3 Å². The molecule has 6 rings (SSSR count). The maximum atomic E-state index is 13.3. The molecule has 1 saturated carbocycles. The lowest BCUT2D eigenvalue weighted by molar-refractivity contribution is -0.132. The average molecular weight is 549 g/mol. The van der Waals surface area contributed by atoms with Gasteiger partial charge in [0.15, 0.2) is 5.78 Å². The van der Waals surface area contributed by atoms with E-state index in [-0.39, 0.29) is 48.1 Å². The standard InChI is InChI=1S/C32H28N4O5/c33-15-20-8-11-24(12-9-20)41-25-18-35(19-25)17-22-6-4-21(5-7-22)16-34-27-3-1-2-26-30(27)32(40)36(31(26)39)28-13-10-23(37)14-29(28)38/h1-9,11-12,25,28,34H,10,13-14,16-19H2. The molecule has 2 aliphatic heterocycles. The molecule has 1 N–H and O–H groups in total. The van der Waals surface area contributed by atoms with Gasteiger partial charge in [-0.1, -0.05) is 30.3 Å². The van der Waals surface area contributed by atoms with Crippen LogP contribution in [-0.4, -0.2) is 58.4 Å². The Kier molecular flexibility index (Phi) is 7.08. The SMILES string of the molecule is N#Cc1ccc(OC2CN(Cc3ccc(CNc4cccc5c4C(=O)N(C4CCC(=O)CC4=O)C5=O)cc3)C2)cc1. The zero-order valence-corrected chi connectivity index (χ0v) is 22.3. The highest BCUT2D eigenvalue weighted by molar-refractivity contribution is 6.25. The lowest BCUT2D eigenvalue weighted by atomic mass is 9.92. The highest BCUT2D eigenvalue weighted by atomic mass is 16.5. The topological polar surface area (TPSA) is 120 Å². The summed E-state index contributed by atoms with van der Waals surface area (Å²) in [5, 5.41) is 12.2. The van der Waals surface area contributed by atoms with Gasteiger partial charge in [0.1, 0.15) is 17.6 Å². The molecule has 1 saturated heterocycles. The number of rotatable bonds is 8. The number of benzene rings is 3. The van der Waals surface area contributed by atoms with Crippen LogP contribution in [0.1, 0.15) is 56.7 Å². The van der Waals surface area contributed by atoms with E-state index in [0.29, 0.717) is 17.8 Å². The Morgan fingerprint density at radius 3 is 2.34 bits per heavy atom. The zero-order chi connectivity index (χ0) is 28.5. The number of likely N-dealkylation sites (tertiary alicyclic amines) is 1. The monoisotopic (exact) mass is 548 g/mol. The Bertz CT molecular complexity index is 1570. The second-order valence-corrected chi connectivity index (χ2v) is 10.7. The second-order valence-electron chi connectivity index (χ2n) is 10.7. The van der Waals surface area contributed by atoms with Gasteiger partial charge in [0, 0.05) is 38.3 Å². The third kappa shape index (κ3) is 5.34. The summed E-state index contributed by atoms with van der Waals surface area (Å²) in [5.74, 6) is -0.738. The molecule has 0 radical (unpaired) electrons. The van der Waals surface area contributed by atoms with Crippen LogP contribution in [0.4, 0.5) is 5.69 Å². The number of ether oxygens (including phenoxy) is 1. The number of nitrogens with zero attached hydrogens (tertiary/aromatic N) is 3. The molecule has 1 atom stereocenters. The van der Waals surface area contributed by atoms with Crippen molar-refractivity contribution in [1.82, 2.24) is 9.80 Å². The number of ketones is 2. The van der Waals surface area contributed by atoms with E-state index >= 15 is 0 Å². The fraction of sp³-hybridized carbons (Fsp3) is 0.281. The molecule has 0 spiro atoms. The highest BCUT2D eigenvalue weighted by Crippen LogP contribution is 2.33. The van der Waals surface area contributed by atoms with Crippen LogP contribution in [-0.2, 0) is 22.7 Å². The van der Waals surface area contributed by atoms with E-state index in [2.05, 4.69) is 28.4 Å². The molecule has 0 bridgehead atoms. The van der Waals surface area contributed by atoms with Crippen LogP contribution in [0.15, 0.2) is 66.7 Å². The van der Waals surface area contributed by atoms with E-state index in [9.17, 15) is 19.2 Å². The Labute approximate surface area is 237 Å². The van der Waals surface area contributed by atoms with Crippen molar-refractivity contribution in [3.05, 3.63) is 94.5 Å². The van der Waals surface area contributed by atoms with Crippen molar-refractivity contribution in [2.75, 3.05) is 18.4 Å². The number of anilines is 1. The third-order valence-corrected chi connectivity index (χ3v) is 7.82. The molecule has 2 amide bonds. The number of imide groups is 1. The van der Waals surface area contributed by atoms with Gasteiger partial charge in [-0.2, -0.15) is 5.26 Å². The van der Waals surface area contributed by atoms with Gasteiger partial charge in [-0.15, -0.1) is 0 Å². The molecule has 1 unspecified atom stereocenters. The minimum absolute atomic E-state index is 0.128. The first kappa shape index (κ1) is 26.4. The minimum Gasteiger partial charge on any atom is -0.488 e. The number of nitriles is 1. The fourth-order valence-corrected chi connectivity index (χ4v) is 5.61. The van der Waals surface area contributed by atoms with Gasteiger partial charge in [-0.25, -0.2) is 0 Å². The van der Waals surface area contributed by atoms with Gasteiger partial charge in [-0.3, -0.25) is 29.0 Å². The van der Waals surface area contributed by atoms with Crippen molar-refractivity contribution in [3.63, 3.8) is 0 Å². The zero-order valence-electron chi connectivity index (χ0n) is 22.3. The van der Waals surface area contributed by atoms with Crippen molar-refractivity contribution in [1.29, 1.82) is 5.26 Å². The van der Waals surface area contributed by atoms with Crippen LogP contribution >= 0.6 is 0 Å². The van der Waals surface area contributed by atoms with E-state index < -0.39 is 17.9 Å². The number of hydrogen-bond acceptors (Lipinski definition) is 8. The summed E-state index contributed by atoms with van der Waals surface area (Å²) in [7, 11) is 0. The molecule has 41 heavy (non-hydrogen) atoms. The van der Waals surface area contributed by atoms with Gasteiger partial charge >= 0.3 is 0 Å². The molecule has 2 fully saturated rings. The number of hydrogen-bond donors (Lipinski definition) is 1. The van der Waals surface area contributed by atoms with Crippen LogP contribution in [0.2, 0.25) is 0 Å². The lowest BCUT2D eigenvalue weighted by Gasteiger charge is -2.39. The average Bonchev–Trinajstić information content (AvgIpc) is 3.21. The first-order valence-corrected chi connectivity index (χ1v) is 13.7. The number of Topliss-reactive ketones (excluding diaryl/α,β-unsaturated/α-hetero) is 2. The van der Waals surface area contributed by atoms with Gasteiger partial charge in [-0.05, 0) is 53.9 Å². The maximum Gasteiger partial charge on any atom is 0.264 e. The first-order valence-electron chi connectivity index (χ1n) is 13.7. The van der Waals surface area contributed by atoms with Gasteiger partial charge in [0.05, 0.1) is 35.2 Å². The van der Waals surface area contributed by atoms with Crippen LogP contribution in [0.3, 0.4) is 0 Å². The smallest absolute Gasteiger partial charge is 0.264 e. The summed E-state index contributed by atoms with van der Waals surface area (Å²) >= 11 is 0. The van der Waals surface area contributed by atoms with E-state index in [1.165, 1.54) is 5.56 Å². The van der Waals surface area contributed by atoms with E-state index in [1.807, 2.05) is 24.3 Å². The molecule has 9 nitrogen and oxygen atoms in total. The van der Waals surface area contributed by atoms with Crippen molar-refractivity contribution in [3.8, 4) is 11.8 Å². The highest BCUT2D eigenvalue weighted by Gasteiger charge is 2.45. The van der Waals surface area contributed by atoms with Crippen LogP contribution in [0.5, 0.6) is 5.75 Å².